The summed E-state index contributed by atoms with van der Waals surface area (Å²) in [6, 6.07) is 7.07. The van der Waals surface area contributed by atoms with Gasteiger partial charge in [-0.1, -0.05) is 18.2 Å². The average Bonchev–Trinajstić information content (AvgIpc) is 2.65. The van der Waals surface area contributed by atoms with Gasteiger partial charge in [-0.25, -0.2) is 0 Å². The van der Waals surface area contributed by atoms with E-state index in [0.717, 1.165) is 18.5 Å². The molecule has 0 spiro atoms. The number of hydrogen-bond acceptors (Lipinski definition) is 3. The van der Waals surface area contributed by atoms with Crippen LogP contribution in [0.4, 0.5) is 0 Å². The maximum atomic E-state index is 11.3. The molecule has 1 aliphatic heterocycles. The molecule has 0 radical (unpaired) electrons. The number of aliphatic carboxylic acids is 1. The third-order valence-electron chi connectivity index (χ3n) is 3.60. The Morgan fingerprint density at radius 3 is 2.82 bits per heavy atom. The van der Waals surface area contributed by atoms with Crippen LogP contribution in [0.15, 0.2) is 24.3 Å². The summed E-state index contributed by atoms with van der Waals surface area (Å²) < 4.78 is 0. The monoisotopic (exact) mass is 235 g/mol. The Labute approximate surface area is 100 Å². The zero-order valence-electron chi connectivity index (χ0n) is 9.89. The van der Waals surface area contributed by atoms with Crippen LogP contribution < -0.4 is 0 Å². The Hall–Kier alpha value is -1.55. The van der Waals surface area contributed by atoms with Crippen molar-refractivity contribution in [2.75, 3.05) is 6.54 Å². The first-order valence-electron chi connectivity index (χ1n) is 5.79. The lowest BCUT2D eigenvalue weighted by Crippen LogP contribution is -2.47. The van der Waals surface area contributed by atoms with Crippen molar-refractivity contribution >= 4 is 5.97 Å². The summed E-state index contributed by atoms with van der Waals surface area (Å²) in [5.41, 5.74) is -0.0238. The molecule has 92 valence electrons. The number of para-hydroxylation sites is 1. The van der Waals surface area contributed by atoms with E-state index in [1.54, 1.807) is 19.1 Å². The molecule has 1 fully saturated rings. The molecule has 1 aliphatic rings. The lowest BCUT2D eigenvalue weighted by molar-refractivity contribution is -0.148. The summed E-state index contributed by atoms with van der Waals surface area (Å²) in [6.45, 7) is 2.99. The second-order valence-electron chi connectivity index (χ2n) is 4.73. The normalized spacial score (nSPS) is 25.0. The Morgan fingerprint density at radius 1 is 1.47 bits per heavy atom. The Morgan fingerprint density at radius 2 is 2.18 bits per heavy atom. The second kappa shape index (κ2) is 4.37. The van der Waals surface area contributed by atoms with Gasteiger partial charge in [-0.05, 0) is 32.4 Å². The first-order valence-corrected chi connectivity index (χ1v) is 5.79. The number of aromatic hydroxyl groups is 1. The Balaban J connectivity index is 2.19. The molecule has 0 saturated carbocycles. The summed E-state index contributed by atoms with van der Waals surface area (Å²) in [5.74, 6) is -0.558. The van der Waals surface area contributed by atoms with Crippen LogP contribution in [-0.4, -0.2) is 33.2 Å². The molecule has 17 heavy (non-hydrogen) atoms. The molecule has 0 aliphatic carbocycles. The van der Waals surface area contributed by atoms with Crippen molar-refractivity contribution < 1.29 is 15.0 Å². The summed E-state index contributed by atoms with van der Waals surface area (Å²) >= 11 is 0. The van der Waals surface area contributed by atoms with Crippen molar-refractivity contribution in [3.63, 3.8) is 0 Å². The van der Waals surface area contributed by atoms with Gasteiger partial charge in [0.2, 0.25) is 0 Å². The number of benzene rings is 1. The quantitative estimate of drug-likeness (QED) is 0.839. The molecule has 1 unspecified atom stereocenters. The van der Waals surface area contributed by atoms with Crippen LogP contribution in [0, 0.1) is 0 Å². The fourth-order valence-electron chi connectivity index (χ4n) is 2.36. The topological polar surface area (TPSA) is 60.8 Å². The SMILES string of the molecule is CC1(C(=O)O)CCCN1Cc1ccccc1O. The van der Waals surface area contributed by atoms with Crippen LogP contribution >= 0.6 is 0 Å². The predicted molar refractivity (Wildman–Crippen MR) is 63.8 cm³/mol. The van der Waals surface area contributed by atoms with Crippen molar-refractivity contribution in [3.8, 4) is 5.75 Å². The molecule has 4 heteroatoms. The third-order valence-corrected chi connectivity index (χ3v) is 3.60. The lowest BCUT2D eigenvalue weighted by Gasteiger charge is -2.31. The molecule has 1 heterocycles. The standard InChI is InChI=1S/C13H17NO3/c1-13(12(16)17)7-4-8-14(13)9-10-5-2-3-6-11(10)15/h2-3,5-6,15H,4,7-9H2,1H3,(H,16,17). The molecule has 0 amide bonds. The largest absolute Gasteiger partial charge is 0.508 e. The van der Waals surface area contributed by atoms with Crippen LogP contribution in [0.3, 0.4) is 0 Å². The van der Waals surface area contributed by atoms with Gasteiger partial charge < -0.3 is 10.2 Å². The van der Waals surface area contributed by atoms with Gasteiger partial charge in [-0.15, -0.1) is 0 Å². The van der Waals surface area contributed by atoms with Gasteiger partial charge in [-0.2, -0.15) is 0 Å². The van der Waals surface area contributed by atoms with E-state index < -0.39 is 11.5 Å². The van der Waals surface area contributed by atoms with E-state index in [4.69, 9.17) is 0 Å². The van der Waals surface area contributed by atoms with Gasteiger partial charge in [0.15, 0.2) is 0 Å². The summed E-state index contributed by atoms with van der Waals surface area (Å²) in [7, 11) is 0. The molecular formula is C13H17NO3. The summed E-state index contributed by atoms with van der Waals surface area (Å²) in [5, 5.41) is 19.0. The number of nitrogens with zero attached hydrogens (tertiary/aromatic N) is 1. The van der Waals surface area contributed by atoms with Crippen LogP contribution in [-0.2, 0) is 11.3 Å². The Kier molecular flexibility index (Phi) is 3.07. The highest BCUT2D eigenvalue weighted by molar-refractivity contribution is 5.78. The number of carbonyl (C=O) groups is 1. The van der Waals surface area contributed by atoms with E-state index >= 15 is 0 Å². The van der Waals surface area contributed by atoms with Crippen LogP contribution in [0.2, 0.25) is 0 Å². The smallest absolute Gasteiger partial charge is 0.323 e. The fourth-order valence-corrected chi connectivity index (χ4v) is 2.36. The van der Waals surface area contributed by atoms with E-state index in [2.05, 4.69) is 0 Å². The number of carboxylic acid groups (broad SMARTS) is 1. The third kappa shape index (κ3) is 2.13. The number of rotatable bonds is 3. The van der Waals surface area contributed by atoms with Gasteiger partial charge in [0.25, 0.3) is 0 Å². The number of likely N-dealkylation sites (tertiary alicyclic amines) is 1. The highest BCUT2D eigenvalue weighted by Crippen LogP contribution is 2.32. The van der Waals surface area contributed by atoms with Crippen molar-refractivity contribution in [2.24, 2.45) is 0 Å². The highest BCUT2D eigenvalue weighted by Gasteiger charge is 2.43. The molecule has 2 N–H and O–H groups in total. The molecule has 0 aromatic heterocycles. The molecule has 4 nitrogen and oxygen atoms in total. The average molecular weight is 235 g/mol. The van der Waals surface area contributed by atoms with Gasteiger partial charge >= 0.3 is 5.97 Å². The maximum absolute atomic E-state index is 11.3. The van der Waals surface area contributed by atoms with E-state index in [1.165, 1.54) is 0 Å². The molecule has 1 saturated heterocycles. The van der Waals surface area contributed by atoms with Crippen molar-refractivity contribution in [1.82, 2.24) is 4.90 Å². The molecule has 2 rings (SSSR count). The minimum atomic E-state index is -0.803. The van der Waals surface area contributed by atoms with Gasteiger partial charge in [-0.3, -0.25) is 9.69 Å². The number of phenols is 1. The van der Waals surface area contributed by atoms with Crippen molar-refractivity contribution in [1.29, 1.82) is 0 Å². The van der Waals surface area contributed by atoms with E-state index in [1.807, 2.05) is 17.0 Å². The molecule has 1 atom stereocenters. The fraction of sp³-hybridized carbons (Fsp3) is 0.462. The maximum Gasteiger partial charge on any atom is 0.323 e. The zero-order chi connectivity index (χ0) is 12.5. The number of hydrogen-bond donors (Lipinski definition) is 2. The summed E-state index contributed by atoms with van der Waals surface area (Å²) in [6.07, 6.45) is 1.55. The molecule has 1 aromatic rings. The molecule has 1 aromatic carbocycles. The second-order valence-corrected chi connectivity index (χ2v) is 4.73. The van der Waals surface area contributed by atoms with Crippen LogP contribution in [0.1, 0.15) is 25.3 Å². The van der Waals surface area contributed by atoms with E-state index in [-0.39, 0.29) is 5.75 Å². The number of phenolic OH excluding ortho intramolecular Hbond substituents is 1. The highest BCUT2D eigenvalue weighted by atomic mass is 16.4. The first kappa shape index (κ1) is 11.9. The van der Waals surface area contributed by atoms with Gasteiger partial charge in [0.1, 0.15) is 11.3 Å². The van der Waals surface area contributed by atoms with Gasteiger partial charge in [0, 0.05) is 12.1 Å². The van der Waals surface area contributed by atoms with Crippen LogP contribution in [0.5, 0.6) is 5.75 Å². The Bertz CT molecular complexity index is 432. The van der Waals surface area contributed by atoms with Crippen molar-refractivity contribution in [3.05, 3.63) is 29.8 Å². The number of carboxylic acids is 1. The molecular weight excluding hydrogens is 218 g/mol. The van der Waals surface area contributed by atoms with Crippen molar-refractivity contribution in [2.45, 2.75) is 31.8 Å². The first-order chi connectivity index (χ1) is 8.04. The predicted octanol–water partition coefficient (Wildman–Crippen LogP) is 1.83. The van der Waals surface area contributed by atoms with E-state index in [0.29, 0.717) is 13.0 Å². The van der Waals surface area contributed by atoms with E-state index in [9.17, 15) is 15.0 Å². The zero-order valence-corrected chi connectivity index (χ0v) is 9.89. The lowest BCUT2D eigenvalue weighted by atomic mass is 9.99. The summed E-state index contributed by atoms with van der Waals surface area (Å²) in [4.78, 5) is 13.2. The van der Waals surface area contributed by atoms with Gasteiger partial charge in [0.05, 0.1) is 0 Å². The van der Waals surface area contributed by atoms with Crippen LogP contribution in [0.25, 0.3) is 0 Å². The molecule has 0 bridgehead atoms. The minimum absolute atomic E-state index is 0.229. The minimum Gasteiger partial charge on any atom is -0.508 e.